The standard InChI is InChI=1S/C25H24FNO5/c1-16(2)27(19-10-8-18(26)9-11-19)15-17(22-5-3-4-6-23(22)25(27)32)7-12-20(28)13-21(29)14-24(30)31/h3-6,8-11,13,15-16H,7,12,14H2,1-2H3,(H-,28,29,30,31)/p+1. The van der Waals surface area contributed by atoms with Crippen molar-refractivity contribution in [1.82, 2.24) is 4.48 Å². The van der Waals surface area contributed by atoms with E-state index >= 15 is 0 Å². The molecule has 6 nitrogen and oxygen atoms in total. The summed E-state index contributed by atoms with van der Waals surface area (Å²) in [4.78, 5) is 36.0. The molecule has 1 aliphatic heterocycles. The van der Waals surface area contributed by atoms with E-state index in [0.29, 0.717) is 17.7 Å². The third-order valence-electron chi connectivity index (χ3n) is 5.57. The summed E-state index contributed by atoms with van der Waals surface area (Å²) < 4.78 is 13.4. The Morgan fingerprint density at radius 2 is 1.66 bits per heavy atom. The Balaban J connectivity index is 2.03. The first-order chi connectivity index (χ1) is 15.1. The number of carbonyl (C=O) groups is 3. The van der Waals surface area contributed by atoms with Crippen molar-refractivity contribution in [2.45, 2.75) is 39.2 Å². The summed E-state index contributed by atoms with van der Waals surface area (Å²) in [7, 11) is 0. The minimum Gasteiger partial charge on any atom is -0.512 e. The molecule has 2 aromatic carbocycles. The molecular formula is C25H25FNO5+. The van der Waals surface area contributed by atoms with E-state index in [2.05, 4.69) is 0 Å². The molecule has 0 fully saturated rings. The van der Waals surface area contributed by atoms with Crippen molar-refractivity contribution in [3.05, 3.63) is 83.5 Å². The molecule has 3 rings (SSSR count). The van der Waals surface area contributed by atoms with Gasteiger partial charge < -0.3 is 10.2 Å². The lowest BCUT2D eigenvalue weighted by molar-refractivity contribution is -0.139. The third-order valence-corrected chi connectivity index (χ3v) is 5.57. The normalized spacial score (nSPS) is 18.3. The number of nitrogens with zero attached hydrogens (tertiary/aromatic N) is 1. The van der Waals surface area contributed by atoms with E-state index in [0.717, 1.165) is 17.2 Å². The van der Waals surface area contributed by atoms with Gasteiger partial charge in [-0.2, -0.15) is 4.48 Å². The van der Waals surface area contributed by atoms with Crippen LogP contribution in [0.3, 0.4) is 0 Å². The third kappa shape index (κ3) is 4.53. The van der Waals surface area contributed by atoms with E-state index < -0.39 is 24.0 Å². The van der Waals surface area contributed by atoms with Crippen molar-refractivity contribution in [2.75, 3.05) is 0 Å². The highest BCUT2D eigenvalue weighted by Crippen LogP contribution is 2.40. The number of amides is 1. The lowest BCUT2D eigenvalue weighted by Crippen LogP contribution is -2.56. The Kier molecular flexibility index (Phi) is 6.69. The van der Waals surface area contributed by atoms with Crippen LogP contribution in [0.15, 0.2) is 66.6 Å². The van der Waals surface area contributed by atoms with Crippen molar-refractivity contribution >= 4 is 28.9 Å². The lowest BCUT2D eigenvalue weighted by atomic mass is 9.90. The average molecular weight is 438 g/mol. The van der Waals surface area contributed by atoms with E-state index in [1.54, 1.807) is 24.3 Å². The molecule has 0 bridgehead atoms. The SMILES string of the molecule is CC(C)[N+]1(c2ccc(F)cc2)C=C(CC/C(O)=C\C(=O)CC(=O)O)c2ccccc2C1=O. The first-order valence-corrected chi connectivity index (χ1v) is 10.3. The maximum absolute atomic E-state index is 13.7. The molecule has 166 valence electrons. The van der Waals surface area contributed by atoms with Crippen LogP contribution in [0, 0.1) is 5.82 Å². The van der Waals surface area contributed by atoms with Crippen molar-refractivity contribution in [3.63, 3.8) is 0 Å². The van der Waals surface area contributed by atoms with Crippen LogP contribution in [-0.4, -0.2) is 33.9 Å². The van der Waals surface area contributed by atoms with Gasteiger partial charge in [-0.15, -0.1) is 0 Å². The van der Waals surface area contributed by atoms with Gasteiger partial charge in [0.15, 0.2) is 5.78 Å². The fourth-order valence-electron chi connectivity index (χ4n) is 4.00. The molecule has 0 spiro atoms. The number of benzene rings is 2. The molecule has 0 saturated carbocycles. The molecule has 7 heteroatoms. The predicted molar refractivity (Wildman–Crippen MR) is 119 cm³/mol. The van der Waals surface area contributed by atoms with Gasteiger partial charge in [0.05, 0.1) is 17.4 Å². The number of fused-ring (bicyclic) bond motifs is 1. The van der Waals surface area contributed by atoms with Gasteiger partial charge in [0.25, 0.3) is 0 Å². The molecule has 0 saturated heterocycles. The smallest absolute Gasteiger partial charge is 0.356 e. The Labute approximate surface area is 185 Å². The fraction of sp³-hybridized carbons (Fsp3) is 0.240. The first kappa shape index (κ1) is 23.1. The molecule has 1 atom stereocenters. The van der Waals surface area contributed by atoms with Gasteiger partial charge in [-0.05, 0) is 44.0 Å². The molecule has 2 aromatic rings. The van der Waals surface area contributed by atoms with Gasteiger partial charge in [0, 0.05) is 30.2 Å². The second-order valence-electron chi connectivity index (χ2n) is 8.03. The summed E-state index contributed by atoms with van der Waals surface area (Å²) in [5.74, 6) is -2.72. The maximum atomic E-state index is 13.7. The second kappa shape index (κ2) is 9.28. The van der Waals surface area contributed by atoms with E-state index in [4.69, 9.17) is 5.11 Å². The Morgan fingerprint density at radius 1 is 1.03 bits per heavy atom. The molecule has 0 aliphatic carbocycles. The number of aliphatic hydroxyl groups excluding tert-OH is 1. The zero-order valence-electron chi connectivity index (χ0n) is 17.9. The number of quaternary nitrogens is 1. The number of rotatable bonds is 8. The zero-order valence-corrected chi connectivity index (χ0v) is 17.9. The number of aliphatic carboxylic acids is 1. The average Bonchev–Trinajstić information content (AvgIpc) is 2.73. The predicted octanol–water partition coefficient (Wildman–Crippen LogP) is 5.00. The van der Waals surface area contributed by atoms with Crippen LogP contribution in [0.2, 0.25) is 0 Å². The van der Waals surface area contributed by atoms with Crippen molar-refractivity contribution in [1.29, 1.82) is 0 Å². The Morgan fingerprint density at radius 3 is 2.25 bits per heavy atom. The van der Waals surface area contributed by atoms with Gasteiger partial charge in [-0.3, -0.25) is 9.59 Å². The highest BCUT2D eigenvalue weighted by atomic mass is 19.1. The van der Waals surface area contributed by atoms with Crippen LogP contribution in [-0.2, 0) is 9.59 Å². The van der Waals surface area contributed by atoms with Crippen LogP contribution in [0.5, 0.6) is 0 Å². The number of hydrogen-bond donors (Lipinski definition) is 2. The molecule has 1 unspecified atom stereocenters. The first-order valence-electron chi connectivity index (χ1n) is 10.3. The number of allylic oxidation sites excluding steroid dienone is 3. The largest absolute Gasteiger partial charge is 0.512 e. The minimum atomic E-state index is -1.26. The number of carboxylic acid groups (broad SMARTS) is 1. The highest BCUT2D eigenvalue weighted by molar-refractivity contribution is 6.10. The van der Waals surface area contributed by atoms with Crippen LogP contribution < -0.4 is 4.48 Å². The van der Waals surface area contributed by atoms with E-state index in [1.807, 2.05) is 32.2 Å². The van der Waals surface area contributed by atoms with Crippen molar-refractivity contribution in [2.24, 2.45) is 0 Å². The van der Waals surface area contributed by atoms with Gasteiger partial charge in [-0.1, -0.05) is 18.2 Å². The monoisotopic (exact) mass is 438 g/mol. The fourth-order valence-corrected chi connectivity index (χ4v) is 4.00. The van der Waals surface area contributed by atoms with Crippen LogP contribution in [0.4, 0.5) is 10.1 Å². The van der Waals surface area contributed by atoms with Gasteiger partial charge in [0.1, 0.15) is 24.1 Å². The lowest BCUT2D eigenvalue weighted by Gasteiger charge is -2.39. The number of halogens is 1. The minimum absolute atomic E-state index is 0.0984. The number of hydrogen-bond acceptors (Lipinski definition) is 4. The molecule has 2 N–H and O–H groups in total. The number of aliphatic hydroxyl groups is 1. The Hall–Kier alpha value is -3.58. The number of carbonyl (C=O) groups excluding carboxylic acids is 2. The number of ketones is 1. The van der Waals surface area contributed by atoms with Crippen molar-refractivity contribution < 1.29 is 29.0 Å². The topological polar surface area (TPSA) is 91.7 Å². The maximum Gasteiger partial charge on any atom is 0.356 e. The molecule has 1 amide bonds. The molecule has 1 heterocycles. The summed E-state index contributed by atoms with van der Waals surface area (Å²) in [6.07, 6.45) is 2.48. The van der Waals surface area contributed by atoms with Gasteiger partial charge in [0.2, 0.25) is 0 Å². The van der Waals surface area contributed by atoms with E-state index in [-0.39, 0.29) is 28.6 Å². The Bertz CT molecular complexity index is 1120. The quantitative estimate of drug-likeness (QED) is 0.262. The van der Waals surface area contributed by atoms with Crippen LogP contribution in [0.1, 0.15) is 49.0 Å². The van der Waals surface area contributed by atoms with E-state index in [1.165, 1.54) is 12.1 Å². The molecule has 32 heavy (non-hydrogen) atoms. The summed E-state index contributed by atoms with van der Waals surface area (Å²) in [5.41, 5.74) is 2.67. The van der Waals surface area contributed by atoms with Gasteiger partial charge >= 0.3 is 11.9 Å². The van der Waals surface area contributed by atoms with Crippen LogP contribution in [0.25, 0.3) is 5.57 Å². The second-order valence-corrected chi connectivity index (χ2v) is 8.03. The van der Waals surface area contributed by atoms with Gasteiger partial charge in [-0.25, -0.2) is 9.18 Å². The van der Waals surface area contributed by atoms with E-state index in [9.17, 15) is 23.9 Å². The van der Waals surface area contributed by atoms with Crippen molar-refractivity contribution in [3.8, 4) is 0 Å². The zero-order chi connectivity index (χ0) is 23.5. The molecule has 1 aliphatic rings. The summed E-state index contributed by atoms with van der Waals surface area (Å²) in [5, 5.41) is 18.9. The highest BCUT2D eigenvalue weighted by Gasteiger charge is 2.46. The number of carboxylic acids is 1. The summed E-state index contributed by atoms with van der Waals surface area (Å²) in [6, 6.07) is 12.8. The summed E-state index contributed by atoms with van der Waals surface area (Å²) in [6.45, 7) is 3.82. The van der Waals surface area contributed by atoms with Crippen LogP contribution >= 0.6 is 0 Å². The molecular weight excluding hydrogens is 413 g/mol. The molecule has 0 radical (unpaired) electrons. The summed E-state index contributed by atoms with van der Waals surface area (Å²) >= 11 is 0. The molecule has 0 aromatic heterocycles.